The number of nitrogens with zero attached hydrogens (tertiary/aromatic N) is 1. The highest BCUT2D eigenvalue weighted by Gasteiger charge is 2.12. The van der Waals surface area contributed by atoms with Crippen LogP contribution < -0.4 is 11.1 Å². The van der Waals surface area contributed by atoms with Crippen LogP contribution in [0.4, 0.5) is 5.69 Å². The molecular formula is C17H29N3O. The van der Waals surface area contributed by atoms with Gasteiger partial charge in [0.2, 0.25) is 5.91 Å². The van der Waals surface area contributed by atoms with Gasteiger partial charge in [-0.1, -0.05) is 31.5 Å². The van der Waals surface area contributed by atoms with E-state index in [4.69, 9.17) is 5.73 Å². The SMILES string of the molecule is Cc1ccc(NC(=O)CN(C)CCC(N)C(C)C)c(C)c1. The molecule has 0 saturated heterocycles. The maximum Gasteiger partial charge on any atom is 0.238 e. The largest absolute Gasteiger partial charge is 0.327 e. The summed E-state index contributed by atoms with van der Waals surface area (Å²) >= 11 is 0. The van der Waals surface area contributed by atoms with Crippen LogP contribution in [0.1, 0.15) is 31.4 Å². The molecule has 1 amide bonds. The van der Waals surface area contributed by atoms with E-state index in [0.717, 1.165) is 24.2 Å². The average molecular weight is 291 g/mol. The molecule has 1 aromatic rings. The Kier molecular flexibility index (Phi) is 6.85. The molecule has 1 aromatic carbocycles. The van der Waals surface area contributed by atoms with Crippen molar-refractivity contribution in [2.75, 3.05) is 25.5 Å². The fourth-order valence-electron chi connectivity index (χ4n) is 2.17. The minimum atomic E-state index is 0.0163. The minimum Gasteiger partial charge on any atom is -0.327 e. The number of likely N-dealkylation sites (N-methyl/N-ethyl adjacent to an activating group) is 1. The molecule has 1 rings (SSSR count). The molecule has 1 atom stereocenters. The van der Waals surface area contributed by atoms with Gasteiger partial charge < -0.3 is 11.1 Å². The first-order valence-corrected chi connectivity index (χ1v) is 7.60. The Balaban J connectivity index is 2.42. The number of nitrogens with one attached hydrogen (secondary N) is 1. The molecule has 0 radical (unpaired) electrons. The van der Waals surface area contributed by atoms with Crippen LogP contribution in [0.15, 0.2) is 18.2 Å². The van der Waals surface area contributed by atoms with E-state index in [9.17, 15) is 4.79 Å². The van der Waals surface area contributed by atoms with E-state index in [1.807, 2.05) is 37.9 Å². The molecule has 0 aliphatic heterocycles. The molecule has 0 saturated carbocycles. The summed E-state index contributed by atoms with van der Waals surface area (Å²) in [6.07, 6.45) is 0.908. The number of anilines is 1. The molecule has 0 aliphatic carbocycles. The molecule has 3 N–H and O–H groups in total. The van der Waals surface area contributed by atoms with Crippen LogP contribution in [0.5, 0.6) is 0 Å². The summed E-state index contributed by atoms with van der Waals surface area (Å²) in [6, 6.07) is 6.22. The highest BCUT2D eigenvalue weighted by Crippen LogP contribution is 2.15. The molecule has 0 heterocycles. The molecule has 4 nitrogen and oxygen atoms in total. The van der Waals surface area contributed by atoms with Gasteiger partial charge in [-0.3, -0.25) is 9.69 Å². The van der Waals surface area contributed by atoms with Gasteiger partial charge in [0.15, 0.2) is 0 Å². The summed E-state index contributed by atoms with van der Waals surface area (Å²) in [7, 11) is 1.95. The van der Waals surface area contributed by atoms with Crippen molar-refractivity contribution in [2.24, 2.45) is 11.7 Å². The first-order chi connectivity index (χ1) is 9.79. The predicted octanol–water partition coefficient (Wildman–Crippen LogP) is 2.55. The van der Waals surface area contributed by atoms with Crippen LogP contribution in [0.2, 0.25) is 0 Å². The Bertz CT molecular complexity index is 471. The lowest BCUT2D eigenvalue weighted by Gasteiger charge is -2.21. The van der Waals surface area contributed by atoms with E-state index < -0.39 is 0 Å². The van der Waals surface area contributed by atoms with Crippen molar-refractivity contribution in [1.29, 1.82) is 0 Å². The Morgan fingerprint density at radius 3 is 2.57 bits per heavy atom. The number of amides is 1. The maximum absolute atomic E-state index is 12.1. The molecule has 0 spiro atoms. The van der Waals surface area contributed by atoms with Crippen molar-refractivity contribution in [3.8, 4) is 0 Å². The number of carbonyl (C=O) groups is 1. The van der Waals surface area contributed by atoms with Crippen molar-refractivity contribution >= 4 is 11.6 Å². The van der Waals surface area contributed by atoms with Crippen molar-refractivity contribution in [3.63, 3.8) is 0 Å². The maximum atomic E-state index is 12.1. The lowest BCUT2D eigenvalue weighted by molar-refractivity contribution is -0.117. The smallest absolute Gasteiger partial charge is 0.238 e. The summed E-state index contributed by atoms with van der Waals surface area (Å²) in [4.78, 5) is 14.1. The van der Waals surface area contributed by atoms with Gasteiger partial charge in [-0.2, -0.15) is 0 Å². The average Bonchev–Trinajstić information content (AvgIpc) is 2.39. The third kappa shape index (κ3) is 6.27. The summed E-state index contributed by atoms with van der Waals surface area (Å²) in [5.41, 5.74) is 9.20. The summed E-state index contributed by atoms with van der Waals surface area (Å²) in [5, 5.41) is 2.97. The lowest BCUT2D eigenvalue weighted by atomic mass is 10.0. The van der Waals surface area contributed by atoms with Gasteiger partial charge in [-0.25, -0.2) is 0 Å². The monoisotopic (exact) mass is 291 g/mol. The lowest BCUT2D eigenvalue weighted by Crippen LogP contribution is -2.35. The van der Waals surface area contributed by atoms with Crippen molar-refractivity contribution in [2.45, 2.75) is 40.2 Å². The van der Waals surface area contributed by atoms with Crippen LogP contribution in [0, 0.1) is 19.8 Å². The van der Waals surface area contributed by atoms with Crippen molar-refractivity contribution < 1.29 is 4.79 Å². The standard InChI is InChI=1S/C17H29N3O/c1-12(2)15(18)8-9-20(5)11-17(21)19-16-7-6-13(3)10-14(16)4/h6-7,10,12,15H,8-9,11,18H2,1-5H3,(H,19,21). The topological polar surface area (TPSA) is 58.4 Å². The van der Waals surface area contributed by atoms with E-state index >= 15 is 0 Å². The van der Waals surface area contributed by atoms with Crippen LogP contribution in [-0.2, 0) is 4.79 Å². The van der Waals surface area contributed by atoms with Gasteiger partial charge in [0.05, 0.1) is 6.54 Å². The van der Waals surface area contributed by atoms with Gasteiger partial charge in [0.1, 0.15) is 0 Å². The summed E-state index contributed by atoms with van der Waals surface area (Å²) in [5.74, 6) is 0.491. The van der Waals surface area contributed by atoms with Gasteiger partial charge in [-0.05, 0) is 51.4 Å². The molecule has 1 unspecified atom stereocenters. The third-order valence-corrected chi connectivity index (χ3v) is 3.77. The molecule has 4 heteroatoms. The summed E-state index contributed by atoms with van der Waals surface area (Å²) < 4.78 is 0. The highest BCUT2D eigenvalue weighted by molar-refractivity contribution is 5.92. The fourth-order valence-corrected chi connectivity index (χ4v) is 2.17. The third-order valence-electron chi connectivity index (χ3n) is 3.77. The van der Waals surface area contributed by atoms with Crippen LogP contribution >= 0.6 is 0 Å². The number of carbonyl (C=O) groups excluding carboxylic acids is 1. The normalized spacial score (nSPS) is 12.8. The zero-order chi connectivity index (χ0) is 16.0. The fraction of sp³-hybridized carbons (Fsp3) is 0.588. The number of rotatable bonds is 7. The second-order valence-corrected chi connectivity index (χ2v) is 6.30. The van der Waals surface area contributed by atoms with Crippen LogP contribution in [0.25, 0.3) is 0 Å². The molecule has 0 aromatic heterocycles. The molecule has 21 heavy (non-hydrogen) atoms. The van der Waals surface area contributed by atoms with Gasteiger partial charge >= 0.3 is 0 Å². The minimum absolute atomic E-state index is 0.0163. The first kappa shape index (κ1) is 17.7. The van der Waals surface area contributed by atoms with E-state index in [2.05, 4.69) is 25.2 Å². The molecule has 0 aliphatic rings. The highest BCUT2D eigenvalue weighted by atomic mass is 16.2. The first-order valence-electron chi connectivity index (χ1n) is 7.60. The molecular weight excluding hydrogens is 262 g/mol. The number of benzene rings is 1. The summed E-state index contributed by atoms with van der Waals surface area (Å²) in [6.45, 7) is 9.52. The van der Waals surface area contributed by atoms with E-state index in [-0.39, 0.29) is 11.9 Å². The Morgan fingerprint density at radius 2 is 2.00 bits per heavy atom. The number of hydrogen-bond donors (Lipinski definition) is 2. The van der Waals surface area contributed by atoms with E-state index in [1.54, 1.807) is 0 Å². The number of aryl methyl sites for hydroxylation is 2. The Hall–Kier alpha value is -1.39. The van der Waals surface area contributed by atoms with E-state index in [1.165, 1.54) is 5.56 Å². The Morgan fingerprint density at radius 1 is 1.33 bits per heavy atom. The van der Waals surface area contributed by atoms with Crippen LogP contribution in [0.3, 0.4) is 0 Å². The second-order valence-electron chi connectivity index (χ2n) is 6.30. The molecule has 118 valence electrons. The zero-order valence-corrected chi connectivity index (χ0v) is 13.9. The van der Waals surface area contributed by atoms with Crippen molar-refractivity contribution in [1.82, 2.24) is 4.90 Å². The van der Waals surface area contributed by atoms with Crippen molar-refractivity contribution in [3.05, 3.63) is 29.3 Å². The number of nitrogens with two attached hydrogens (primary N) is 1. The molecule has 0 bridgehead atoms. The van der Waals surface area contributed by atoms with Gasteiger partial charge in [0, 0.05) is 11.7 Å². The van der Waals surface area contributed by atoms with Crippen LogP contribution in [-0.4, -0.2) is 37.0 Å². The van der Waals surface area contributed by atoms with Gasteiger partial charge in [-0.15, -0.1) is 0 Å². The zero-order valence-electron chi connectivity index (χ0n) is 13.9. The quantitative estimate of drug-likeness (QED) is 0.811. The number of hydrogen-bond acceptors (Lipinski definition) is 3. The Labute approximate surface area is 128 Å². The molecule has 0 fully saturated rings. The van der Waals surface area contributed by atoms with E-state index in [0.29, 0.717) is 12.5 Å². The van der Waals surface area contributed by atoms with Gasteiger partial charge in [0.25, 0.3) is 0 Å². The predicted molar refractivity (Wildman–Crippen MR) is 89.5 cm³/mol. The second kappa shape index (κ2) is 8.15.